The predicted octanol–water partition coefficient (Wildman–Crippen LogP) is 0.226. The molecule has 0 aliphatic carbocycles. The molecule has 21 heavy (non-hydrogen) atoms. The summed E-state index contributed by atoms with van der Waals surface area (Å²) < 4.78 is 4.68. The van der Waals surface area contributed by atoms with E-state index in [1.54, 1.807) is 0 Å². The number of methoxy groups -OCH3 is 1. The van der Waals surface area contributed by atoms with Crippen LogP contribution in [0.5, 0.6) is 0 Å². The van der Waals surface area contributed by atoms with Gasteiger partial charge in [0.05, 0.1) is 12.9 Å². The predicted molar refractivity (Wildman–Crippen MR) is 81.0 cm³/mol. The van der Waals surface area contributed by atoms with Gasteiger partial charge in [-0.15, -0.1) is 0 Å². The zero-order valence-electron chi connectivity index (χ0n) is 12.6. The summed E-state index contributed by atoms with van der Waals surface area (Å²) in [5.74, 6) is -1.20. The second-order valence-corrected chi connectivity index (χ2v) is 5.85. The molecule has 0 aliphatic rings. The molecule has 0 rings (SSSR count). The second-order valence-electron chi connectivity index (χ2n) is 4.74. The molecular weight excluding hydrogens is 296 g/mol. The molecule has 7 nitrogen and oxygen atoms in total. The molecule has 3 atom stereocenters. The molecule has 4 N–H and O–H groups in total. The Morgan fingerprint density at radius 3 is 2.48 bits per heavy atom. The van der Waals surface area contributed by atoms with Gasteiger partial charge in [0.15, 0.2) is 0 Å². The monoisotopic (exact) mass is 320 g/mol. The smallest absolute Gasteiger partial charge is 0.328 e. The van der Waals surface area contributed by atoms with Crippen LogP contribution in [0.15, 0.2) is 0 Å². The highest BCUT2D eigenvalue weighted by Gasteiger charge is 2.26. The van der Waals surface area contributed by atoms with Crippen LogP contribution >= 0.6 is 11.8 Å². The number of hydrogen-bond acceptors (Lipinski definition) is 6. The molecule has 0 spiro atoms. The largest absolute Gasteiger partial charge is 0.480 e. The summed E-state index contributed by atoms with van der Waals surface area (Å²) in [6.45, 7) is 3.79. The van der Waals surface area contributed by atoms with E-state index in [1.165, 1.54) is 18.9 Å². The van der Waals surface area contributed by atoms with E-state index < -0.39 is 24.0 Å². The molecule has 0 bridgehead atoms. The molecule has 0 aromatic heterocycles. The lowest BCUT2D eigenvalue weighted by Gasteiger charge is -2.21. The maximum atomic E-state index is 11.8. The maximum absolute atomic E-state index is 11.8. The first-order valence-electron chi connectivity index (χ1n) is 6.76. The van der Waals surface area contributed by atoms with Crippen molar-refractivity contribution in [1.29, 1.82) is 0 Å². The average molecular weight is 320 g/mol. The number of rotatable bonds is 10. The van der Waals surface area contributed by atoms with Crippen LogP contribution in [-0.4, -0.2) is 53.7 Å². The van der Waals surface area contributed by atoms with Crippen molar-refractivity contribution in [2.24, 2.45) is 11.7 Å². The summed E-state index contributed by atoms with van der Waals surface area (Å²) in [4.78, 5) is 33.9. The van der Waals surface area contributed by atoms with Gasteiger partial charge < -0.3 is 20.9 Å². The lowest BCUT2D eigenvalue weighted by molar-refractivity contribution is -0.146. The van der Waals surface area contributed by atoms with Crippen molar-refractivity contribution in [3.05, 3.63) is 0 Å². The third-order valence-electron chi connectivity index (χ3n) is 3.11. The first kappa shape index (κ1) is 19.7. The van der Waals surface area contributed by atoms with E-state index in [0.717, 1.165) is 6.42 Å². The zero-order chi connectivity index (χ0) is 16.4. The van der Waals surface area contributed by atoms with E-state index in [0.29, 0.717) is 12.2 Å². The highest BCUT2D eigenvalue weighted by Crippen LogP contribution is 2.10. The Kier molecular flexibility index (Phi) is 9.81. The van der Waals surface area contributed by atoms with E-state index in [4.69, 9.17) is 10.8 Å². The molecule has 0 aliphatic heterocycles. The minimum atomic E-state index is -1.05. The number of carboxylic acids is 1. The number of hydrogen-bond donors (Lipinski definition) is 3. The van der Waals surface area contributed by atoms with Crippen LogP contribution in [0.25, 0.3) is 0 Å². The number of carboxylic acid groups (broad SMARTS) is 1. The topological polar surface area (TPSA) is 119 Å². The Morgan fingerprint density at radius 1 is 1.38 bits per heavy atom. The van der Waals surface area contributed by atoms with Gasteiger partial charge >= 0.3 is 11.9 Å². The summed E-state index contributed by atoms with van der Waals surface area (Å²) in [5.41, 5.74) is 5.35. The molecule has 0 heterocycles. The van der Waals surface area contributed by atoms with Crippen molar-refractivity contribution in [3.8, 4) is 0 Å². The van der Waals surface area contributed by atoms with E-state index in [-0.39, 0.29) is 17.6 Å². The van der Waals surface area contributed by atoms with Crippen LogP contribution in [0, 0.1) is 5.92 Å². The molecule has 8 heteroatoms. The van der Waals surface area contributed by atoms with Gasteiger partial charge in [0, 0.05) is 0 Å². The van der Waals surface area contributed by atoms with Crippen LogP contribution in [0.4, 0.5) is 0 Å². The Hall–Kier alpha value is -1.28. The van der Waals surface area contributed by atoms with E-state index in [2.05, 4.69) is 10.1 Å². The SMILES string of the molecule is CCC(C)C(NC(=O)CSCCC(N)C(=O)O)C(=O)OC. The van der Waals surface area contributed by atoms with Crippen LogP contribution in [0.3, 0.4) is 0 Å². The van der Waals surface area contributed by atoms with Crippen LogP contribution < -0.4 is 11.1 Å². The number of thioether (sulfide) groups is 1. The maximum Gasteiger partial charge on any atom is 0.328 e. The molecule has 3 unspecified atom stereocenters. The molecule has 0 saturated heterocycles. The molecule has 0 radical (unpaired) electrons. The third kappa shape index (κ3) is 7.91. The van der Waals surface area contributed by atoms with Crippen LogP contribution in [0.2, 0.25) is 0 Å². The minimum Gasteiger partial charge on any atom is -0.480 e. The first-order valence-corrected chi connectivity index (χ1v) is 7.92. The quantitative estimate of drug-likeness (QED) is 0.389. The Labute approximate surface area is 129 Å². The van der Waals surface area contributed by atoms with E-state index in [9.17, 15) is 14.4 Å². The van der Waals surface area contributed by atoms with Gasteiger partial charge in [0.1, 0.15) is 12.1 Å². The molecule has 0 saturated carbocycles. The van der Waals surface area contributed by atoms with Gasteiger partial charge in [0.25, 0.3) is 0 Å². The number of aliphatic carboxylic acids is 1. The summed E-state index contributed by atoms with van der Waals surface area (Å²) in [6.07, 6.45) is 1.03. The van der Waals surface area contributed by atoms with Crippen molar-refractivity contribution in [1.82, 2.24) is 5.32 Å². The molecule has 122 valence electrons. The summed E-state index contributed by atoms with van der Waals surface area (Å²) >= 11 is 1.28. The van der Waals surface area contributed by atoms with E-state index >= 15 is 0 Å². The lowest BCUT2D eigenvalue weighted by Crippen LogP contribution is -2.46. The van der Waals surface area contributed by atoms with Crippen LogP contribution in [-0.2, 0) is 19.1 Å². The van der Waals surface area contributed by atoms with Crippen molar-refractivity contribution < 1.29 is 24.2 Å². The van der Waals surface area contributed by atoms with Gasteiger partial charge in [-0.2, -0.15) is 11.8 Å². The van der Waals surface area contributed by atoms with Crippen molar-refractivity contribution in [2.45, 2.75) is 38.8 Å². The minimum absolute atomic E-state index is 0.0215. The molecule has 1 amide bonds. The Balaban J connectivity index is 4.15. The van der Waals surface area contributed by atoms with Gasteiger partial charge in [-0.05, 0) is 18.1 Å². The number of esters is 1. The lowest BCUT2D eigenvalue weighted by atomic mass is 9.99. The van der Waals surface area contributed by atoms with Crippen molar-refractivity contribution >= 4 is 29.6 Å². The standard InChI is InChI=1S/C13H24N2O5S/c1-4-8(2)11(13(19)20-3)15-10(16)7-21-6-5-9(14)12(17)18/h8-9,11H,4-7,14H2,1-3H3,(H,15,16)(H,17,18). The Morgan fingerprint density at radius 2 is 2.00 bits per heavy atom. The highest BCUT2D eigenvalue weighted by atomic mass is 32.2. The van der Waals surface area contributed by atoms with Crippen molar-refractivity contribution in [2.75, 3.05) is 18.6 Å². The first-order chi connectivity index (χ1) is 9.83. The molecule has 0 aromatic rings. The third-order valence-corrected chi connectivity index (χ3v) is 4.10. The number of amides is 1. The van der Waals surface area contributed by atoms with E-state index in [1.807, 2.05) is 13.8 Å². The summed E-state index contributed by atoms with van der Waals surface area (Å²) in [7, 11) is 1.28. The zero-order valence-corrected chi connectivity index (χ0v) is 13.4. The molecule has 0 fully saturated rings. The van der Waals surface area contributed by atoms with Gasteiger partial charge in [-0.3, -0.25) is 9.59 Å². The van der Waals surface area contributed by atoms with Gasteiger partial charge in [0.2, 0.25) is 5.91 Å². The number of nitrogens with one attached hydrogen (secondary N) is 1. The fourth-order valence-electron chi connectivity index (χ4n) is 1.51. The number of carbonyl (C=O) groups excluding carboxylic acids is 2. The average Bonchev–Trinajstić information content (AvgIpc) is 2.47. The fraction of sp³-hybridized carbons (Fsp3) is 0.769. The Bertz CT molecular complexity index is 364. The van der Waals surface area contributed by atoms with Gasteiger partial charge in [-0.25, -0.2) is 4.79 Å². The number of nitrogens with two attached hydrogens (primary N) is 1. The summed E-state index contributed by atoms with van der Waals surface area (Å²) in [5, 5.41) is 11.3. The van der Waals surface area contributed by atoms with Gasteiger partial charge in [-0.1, -0.05) is 20.3 Å². The number of ether oxygens (including phenoxy) is 1. The number of carbonyl (C=O) groups is 3. The fourth-order valence-corrected chi connectivity index (χ4v) is 2.34. The molecule has 0 aromatic carbocycles. The molecular formula is C13H24N2O5S. The van der Waals surface area contributed by atoms with Crippen molar-refractivity contribution in [3.63, 3.8) is 0 Å². The summed E-state index contributed by atoms with van der Waals surface area (Å²) in [6, 6.07) is -1.57. The normalized spacial score (nSPS) is 14.9. The highest BCUT2D eigenvalue weighted by molar-refractivity contribution is 7.99. The van der Waals surface area contributed by atoms with Crippen LogP contribution in [0.1, 0.15) is 26.7 Å². The second kappa shape index (κ2) is 10.4.